The van der Waals surface area contributed by atoms with Crippen LogP contribution in [0.1, 0.15) is 24.8 Å². The van der Waals surface area contributed by atoms with Crippen LogP contribution < -0.4 is 14.8 Å². The molecule has 0 amide bonds. The van der Waals surface area contributed by atoms with Crippen molar-refractivity contribution < 1.29 is 14.6 Å². The normalized spacial score (nSPS) is 25.5. The molecular formula is C15H21NO3. The molecule has 0 spiro atoms. The monoisotopic (exact) mass is 263 g/mol. The summed E-state index contributed by atoms with van der Waals surface area (Å²) in [4.78, 5) is 0. The number of rotatable bonds is 4. The van der Waals surface area contributed by atoms with Crippen molar-refractivity contribution in [1.82, 2.24) is 5.32 Å². The van der Waals surface area contributed by atoms with Crippen molar-refractivity contribution in [3.63, 3.8) is 0 Å². The number of hydrogen-bond acceptors (Lipinski definition) is 4. The van der Waals surface area contributed by atoms with Crippen LogP contribution in [0.5, 0.6) is 11.5 Å². The highest BCUT2D eigenvalue weighted by Gasteiger charge is 2.24. The molecule has 0 radical (unpaired) electrons. The number of aliphatic hydroxyl groups excluding tert-OH is 1. The fourth-order valence-electron chi connectivity index (χ4n) is 2.92. The molecule has 0 saturated heterocycles. The Kier molecular flexibility index (Phi) is 3.89. The van der Waals surface area contributed by atoms with Crippen LogP contribution >= 0.6 is 0 Å². The van der Waals surface area contributed by atoms with Crippen LogP contribution in [0.15, 0.2) is 18.2 Å². The van der Waals surface area contributed by atoms with E-state index >= 15 is 0 Å². The van der Waals surface area contributed by atoms with Gasteiger partial charge in [0.25, 0.3) is 0 Å². The zero-order valence-corrected chi connectivity index (χ0v) is 11.1. The molecule has 104 valence electrons. The molecule has 2 atom stereocenters. The zero-order valence-electron chi connectivity index (χ0n) is 11.1. The van der Waals surface area contributed by atoms with E-state index in [4.69, 9.17) is 9.47 Å². The summed E-state index contributed by atoms with van der Waals surface area (Å²) >= 11 is 0. The van der Waals surface area contributed by atoms with Crippen molar-refractivity contribution in [3.8, 4) is 11.5 Å². The van der Waals surface area contributed by atoms with Gasteiger partial charge in [-0.1, -0.05) is 18.6 Å². The van der Waals surface area contributed by atoms with Crippen LogP contribution in [-0.2, 0) is 6.54 Å². The number of ether oxygens (including phenoxy) is 2. The molecule has 1 aliphatic carbocycles. The van der Waals surface area contributed by atoms with Crippen LogP contribution in [0.3, 0.4) is 0 Å². The van der Waals surface area contributed by atoms with Gasteiger partial charge in [-0.25, -0.2) is 0 Å². The van der Waals surface area contributed by atoms with Crippen molar-refractivity contribution in [1.29, 1.82) is 0 Å². The Bertz CT molecular complexity index is 435. The summed E-state index contributed by atoms with van der Waals surface area (Å²) in [5, 5.41) is 13.2. The summed E-state index contributed by atoms with van der Waals surface area (Å²) in [7, 11) is 0. The minimum atomic E-state index is -0.128. The first-order valence-electron chi connectivity index (χ1n) is 7.11. The van der Waals surface area contributed by atoms with Gasteiger partial charge in [0.2, 0.25) is 0 Å². The van der Waals surface area contributed by atoms with Crippen molar-refractivity contribution in [3.05, 3.63) is 23.8 Å². The van der Waals surface area contributed by atoms with E-state index in [1.807, 2.05) is 12.1 Å². The first-order valence-corrected chi connectivity index (χ1v) is 7.11. The quantitative estimate of drug-likeness (QED) is 0.868. The van der Waals surface area contributed by atoms with Gasteiger partial charge < -0.3 is 19.9 Å². The van der Waals surface area contributed by atoms with Crippen LogP contribution in [0.25, 0.3) is 0 Å². The Morgan fingerprint density at radius 2 is 2.11 bits per heavy atom. The third-order valence-electron chi connectivity index (χ3n) is 3.99. The standard InChI is InChI=1S/C15H21NO3/c17-13-5-1-3-11(13)9-16-10-12-4-2-6-14-15(12)19-8-7-18-14/h2,4,6,11,13,16-17H,1,3,5,7-10H2. The topological polar surface area (TPSA) is 50.7 Å². The Balaban J connectivity index is 1.58. The summed E-state index contributed by atoms with van der Waals surface area (Å²) in [6.07, 6.45) is 3.09. The van der Waals surface area contributed by atoms with Gasteiger partial charge in [-0.05, 0) is 24.8 Å². The molecule has 1 heterocycles. The van der Waals surface area contributed by atoms with Gasteiger partial charge in [-0.2, -0.15) is 0 Å². The van der Waals surface area contributed by atoms with Gasteiger partial charge in [0, 0.05) is 18.7 Å². The summed E-state index contributed by atoms with van der Waals surface area (Å²) in [6.45, 7) is 2.87. The Morgan fingerprint density at radius 1 is 1.21 bits per heavy atom. The maximum absolute atomic E-state index is 9.79. The fourth-order valence-corrected chi connectivity index (χ4v) is 2.92. The van der Waals surface area contributed by atoms with Gasteiger partial charge in [0.05, 0.1) is 6.10 Å². The van der Waals surface area contributed by atoms with Crippen LogP contribution in [0.2, 0.25) is 0 Å². The first-order chi connectivity index (χ1) is 9.34. The van der Waals surface area contributed by atoms with Crippen LogP contribution in [0, 0.1) is 5.92 Å². The molecule has 3 rings (SSSR count). The largest absolute Gasteiger partial charge is 0.486 e. The molecule has 1 aromatic carbocycles. The van der Waals surface area contributed by atoms with Gasteiger partial charge in [0.15, 0.2) is 11.5 Å². The molecule has 2 unspecified atom stereocenters. The van der Waals surface area contributed by atoms with Crippen molar-refractivity contribution in [2.75, 3.05) is 19.8 Å². The summed E-state index contributed by atoms with van der Waals surface area (Å²) in [6, 6.07) is 6.00. The molecular weight excluding hydrogens is 242 g/mol. The highest BCUT2D eigenvalue weighted by molar-refractivity contribution is 5.47. The van der Waals surface area contributed by atoms with E-state index in [0.717, 1.165) is 49.4 Å². The number of para-hydroxylation sites is 1. The number of fused-ring (bicyclic) bond motifs is 1. The SMILES string of the molecule is OC1CCCC1CNCc1cccc2c1OCCO2. The van der Waals surface area contributed by atoms with E-state index in [1.54, 1.807) is 0 Å². The van der Waals surface area contributed by atoms with E-state index in [-0.39, 0.29) is 6.10 Å². The number of aliphatic hydroxyl groups is 1. The molecule has 0 bridgehead atoms. The summed E-state index contributed by atoms with van der Waals surface area (Å²) in [5.74, 6) is 2.11. The third-order valence-corrected chi connectivity index (χ3v) is 3.99. The van der Waals surface area contributed by atoms with Crippen LogP contribution in [0.4, 0.5) is 0 Å². The van der Waals surface area contributed by atoms with E-state index < -0.39 is 0 Å². The number of hydrogen-bond donors (Lipinski definition) is 2. The second-order valence-electron chi connectivity index (χ2n) is 5.33. The number of benzene rings is 1. The van der Waals surface area contributed by atoms with Crippen molar-refractivity contribution >= 4 is 0 Å². The second-order valence-corrected chi connectivity index (χ2v) is 5.33. The summed E-state index contributed by atoms with van der Waals surface area (Å²) in [5.41, 5.74) is 1.13. The molecule has 0 aromatic heterocycles. The highest BCUT2D eigenvalue weighted by atomic mass is 16.6. The van der Waals surface area contributed by atoms with Crippen molar-refractivity contribution in [2.45, 2.75) is 31.9 Å². The lowest BCUT2D eigenvalue weighted by Gasteiger charge is -2.21. The molecule has 1 fully saturated rings. The number of nitrogens with one attached hydrogen (secondary N) is 1. The average Bonchev–Trinajstić information content (AvgIpc) is 2.85. The minimum Gasteiger partial charge on any atom is -0.486 e. The molecule has 19 heavy (non-hydrogen) atoms. The molecule has 1 aromatic rings. The van der Waals surface area contributed by atoms with Crippen molar-refractivity contribution in [2.24, 2.45) is 5.92 Å². The minimum absolute atomic E-state index is 0.128. The Hall–Kier alpha value is -1.26. The van der Waals surface area contributed by atoms with Gasteiger partial charge in [-0.3, -0.25) is 0 Å². The van der Waals surface area contributed by atoms with Crippen LogP contribution in [-0.4, -0.2) is 31.0 Å². The molecule has 4 heteroatoms. The van der Waals surface area contributed by atoms with E-state index in [0.29, 0.717) is 19.1 Å². The molecule has 2 aliphatic rings. The zero-order chi connectivity index (χ0) is 13.1. The van der Waals surface area contributed by atoms with Gasteiger partial charge in [0.1, 0.15) is 13.2 Å². The predicted molar refractivity (Wildman–Crippen MR) is 72.5 cm³/mol. The maximum Gasteiger partial charge on any atom is 0.165 e. The lowest BCUT2D eigenvalue weighted by atomic mass is 10.1. The summed E-state index contributed by atoms with van der Waals surface area (Å²) < 4.78 is 11.3. The third kappa shape index (κ3) is 2.85. The fraction of sp³-hybridized carbons (Fsp3) is 0.600. The molecule has 1 aliphatic heterocycles. The Labute approximate surface area is 113 Å². The maximum atomic E-state index is 9.79. The van der Waals surface area contributed by atoms with Gasteiger partial charge >= 0.3 is 0 Å². The first kappa shape index (κ1) is 12.8. The Morgan fingerprint density at radius 3 is 2.95 bits per heavy atom. The average molecular weight is 263 g/mol. The lowest BCUT2D eigenvalue weighted by molar-refractivity contribution is 0.131. The second kappa shape index (κ2) is 5.80. The highest BCUT2D eigenvalue weighted by Crippen LogP contribution is 2.33. The molecule has 2 N–H and O–H groups in total. The molecule has 1 saturated carbocycles. The molecule has 4 nitrogen and oxygen atoms in total. The predicted octanol–water partition coefficient (Wildman–Crippen LogP) is 1.71. The van der Waals surface area contributed by atoms with E-state index in [2.05, 4.69) is 11.4 Å². The van der Waals surface area contributed by atoms with E-state index in [9.17, 15) is 5.11 Å². The van der Waals surface area contributed by atoms with Gasteiger partial charge in [-0.15, -0.1) is 0 Å². The lowest BCUT2D eigenvalue weighted by Crippen LogP contribution is -2.28. The smallest absolute Gasteiger partial charge is 0.165 e. The van der Waals surface area contributed by atoms with E-state index in [1.165, 1.54) is 0 Å².